The zero-order chi connectivity index (χ0) is 21.7. The van der Waals surface area contributed by atoms with Crippen LogP contribution in [-0.4, -0.2) is 46.6 Å². The molecule has 10 heteroatoms. The van der Waals surface area contributed by atoms with Crippen molar-refractivity contribution in [3.05, 3.63) is 51.9 Å². The van der Waals surface area contributed by atoms with E-state index in [0.29, 0.717) is 23.3 Å². The molecule has 2 amide bonds. The van der Waals surface area contributed by atoms with Gasteiger partial charge in [0, 0.05) is 24.3 Å². The lowest BCUT2D eigenvalue weighted by atomic mass is 10.0. The van der Waals surface area contributed by atoms with Gasteiger partial charge in [-0.15, -0.1) is 11.3 Å². The molecule has 1 aromatic carbocycles. The summed E-state index contributed by atoms with van der Waals surface area (Å²) in [7, 11) is 0. The number of thiophene rings is 1. The number of hydrogen-bond donors (Lipinski definition) is 4. The molecular formula is C20H20N2O7S. The average molecular weight is 432 g/mol. The second-order valence-corrected chi connectivity index (χ2v) is 7.80. The van der Waals surface area contributed by atoms with Crippen LogP contribution in [0.25, 0.3) is 0 Å². The predicted octanol–water partition coefficient (Wildman–Crippen LogP) is 1.66. The SMILES string of the molecule is O=C(CCc1ccccc1)NCC1Cc2c(sc(NC(=O)C(=O)O)c2C(=O)O)CO1. The Labute approximate surface area is 175 Å². The average Bonchev–Trinajstić information content (AvgIpc) is 3.08. The van der Waals surface area contributed by atoms with E-state index in [0.717, 1.165) is 16.9 Å². The molecule has 3 rings (SSSR count). The van der Waals surface area contributed by atoms with Crippen LogP contribution in [0.15, 0.2) is 30.3 Å². The standard InChI is InChI=1S/C20H20N2O7S/c23-15(7-6-11-4-2-1-3-5-11)21-9-12-8-13-14(10-29-12)30-18(16(13)19(25)26)22-17(24)20(27)28/h1-5,12H,6-10H2,(H,21,23)(H,22,24)(H,25,26)(H,27,28). The van der Waals surface area contributed by atoms with Crippen molar-refractivity contribution in [1.29, 1.82) is 0 Å². The molecule has 2 heterocycles. The van der Waals surface area contributed by atoms with Gasteiger partial charge in [-0.25, -0.2) is 9.59 Å². The maximum Gasteiger partial charge on any atom is 0.394 e. The van der Waals surface area contributed by atoms with Crippen molar-refractivity contribution in [2.24, 2.45) is 0 Å². The molecule has 0 fully saturated rings. The Balaban J connectivity index is 1.60. The number of anilines is 1. The number of amides is 2. The summed E-state index contributed by atoms with van der Waals surface area (Å²) in [5.41, 5.74) is 1.42. The van der Waals surface area contributed by atoms with Gasteiger partial charge in [-0.05, 0) is 17.5 Å². The molecule has 0 bridgehead atoms. The maximum atomic E-state index is 12.1. The van der Waals surface area contributed by atoms with Gasteiger partial charge >= 0.3 is 17.8 Å². The van der Waals surface area contributed by atoms with Crippen LogP contribution in [-0.2, 0) is 38.6 Å². The minimum absolute atomic E-state index is 0.0314. The Morgan fingerprint density at radius 3 is 2.53 bits per heavy atom. The van der Waals surface area contributed by atoms with Crippen molar-refractivity contribution in [3.8, 4) is 0 Å². The van der Waals surface area contributed by atoms with Gasteiger partial charge in [-0.1, -0.05) is 30.3 Å². The number of carboxylic acids is 2. The highest BCUT2D eigenvalue weighted by molar-refractivity contribution is 7.17. The summed E-state index contributed by atoms with van der Waals surface area (Å²) in [6.07, 6.45) is 0.749. The van der Waals surface area contributed by atoms with E-state index >= 15 is 0 Å². The van der Waals surface area contributed by atoms with Gasteiger partial charge in [0.15, 0.2) is 0 Å². The summed E-state index contributed by atoms with van der Waals surface area (Å²) in [6.45, 7) is 0.340. The van der Waals surface area contributed by atoms with Gasteiger partial charge in [0.1, 0.15) is 5.00 Å². The number of hydrogen-bond acceptors (Lipinski definition) is 6. The fourth-order valence-corrected chi connectivity index (χ4v) is 4.28. The van der Waals surface area contributed by atoms with Crippen molar-refractivity contribution in [1.82, 2.24) is 5.32 Å². The molecule has 1 atom stereocenters. The monoisotopic (exact) mass is 432 g/mol. The number of carbonyl (C=O) groups excluding carboxylic acids is 2. The molecule has 0 spiro atoms. The second kappa shape index (κ2) is 9.51. The molecular weight excluding hydrogens is 412 g/mol. The molecule has 9 nitrogen and oxygen atoms in total. The molecule has 1 aliphatic rings. The van der Waals surface area contributed by atoms with Crippen molar-refractivity contribution in [3.63, 3.8) is 0 Å². The van der Waals surface area contributed by atoms with Gasteiger partial charge in [0.25, 0.3) is 0 Å². The first kappa shape index (κ1) is 21.5. The number of carbonyl (C=O) groups is 4. The fraction of sp³-hybridized carbons (Fsp3) is 0.300. The van der Waals surface area contributed by atoms with Gasteiger partial charge < -0.3 is 25.6 Å². The van der Waals surface area contributed by atoms with E-state index < -0.39 is 23.9 Å². The highest BCUT2D eigenvalue weighted by Gasteiger charge is 2.31. The lowest BCUT2D eigenvalue weighted by Gasteiger charge is -2.23. The van der Waals surface area contributed by atoms with Crippen LogP contribution in [0.5, 0.6) is 0 Å². The number of aromatic carboxylic acids is 1. The van der Waals surface area contributed by atoms with E-state index in [4.69, 9.17) is 9.84 Å². The fourth-order valence-electron chi connectivity index (χ4n) is 3.15. The smallest absolute Gasteiger partial charge is 0.394 e. The Morgan fingerprint density at radius 2 is 1.87 bits per heavy atom. The van der Waals surface area contributed by atoms with Gasteiger partial charge in [0.05, 0.1) is 18.3 Å². The number of rotatable bonds is 7. The largest absolute Gasteiger partial charge is 0.478 e. The Morgan fingerprint density at radius 1 is 1.13 bits per heavy atom. The minimum atomic E-state index is -1.70. The van der Waals surface area contributed by atoms with Crippen LogP contribution in [0.3, 0.4) is 0 Å². The summed E-state index contributed by atoms with van der Waals surface area (Å²) in [4.78, 5) is 46.6. The molecule has 0 aliphatic carbocycles. The van der Waals surface area contributed by atoms with Crippen molar-refractivity contribution in [2.75, 3.05) is 11.9 Å². The number of benzene rings is 1. The highest BCUT2D eigenvalue weighted by atomic mass is 32.1. The number of aryl methyl sites for hydroxylation is 1. The zero-order valence-corrected chi connectivity index (χ0v) is 16.7. The van der Waals surface area contributed by atoms with E-state index in [1.165, 1.54) is 0 Å². The number of carboxylic acid groups (broad SMARTS) is 2. The molecule has 0 saturated carbocycles. The highest BCUT2D eigenvalue weighted by Crippen LogP contribution is 2.37. The van der Waals surface area contributed by atoms with Gasteiger partial charge in [-0.3, -0.25) is 9.59 Å². The zero-order valence-electron chi connectivity index (χ0n) is 15.8. The Bertz CT molecular complexity index is 971. The van der Waals surface area contributed by atoms with Gasteiger partial charge in [-0.2, -0.15) is 0 Å². The lowest BCUT2D eigenvalue weighted by Crippen LogP contribution is -2.36. The number of fused-ring (bicyclic) bond motifs is 1. The summed E-state index contributed by atoms with van der Waals surface area (Å²) in [6, 6.07) is 9.63. The summed E-state index contributed by atoms with van der Waals surface area (Å²) in [5.74, 6) is -4.41. The van der Waals surface area contributed by atoms with Crippen LogP contribution in [0.2, 0.25) is 0 Å². The molecule has 1 unspecified atom stereocenters. The Hall–Kier alpha value is -3.24. The molecule has 30 heavy (non-hydrogen) atoms. The second-order valence-electron chi connectivity index (χ2n) is 6.70. The maximum absolute atomic E-state index is 12.1. The molecule has 158 valence electrons. The van der Waals surface area contributed by atoms with E-state index in [1.54, 1.807) is 0 Å². The van der Waals surface area contributed by atoms with Crippen LogP contribution in [0.1, 0.15) is 32.8 Å². The van der Waals surface area contributed by atoms with Gasteiger partial charge in [0.2, 0.25) is 5.91 Å². The minimum Gasteiger partial charge on any atom is -0.478 e. The Kier molecular flexibility index (Phi) is 6.80. The predicted molar refractivity (Wildman–Crippen MR) is 108 cm³/mol. The van der Waals surface area contributed by atoms with E-state index in [-0.39, 0.29) is 36.0 Å². The summed E-state index contributed by atoms with van der Waals surface area (Å²) < 4.78 is 5.69. The first-order chi connectivity index (χ1) is 14.3. The first-order valence-electron chi connectivity index (χ1n) is 9.19. The third-order valence-electron chi connectivity index (χ3n) is 4.62. The molecule has 1 aromatic heterocycles. The number of ether oxygens (including phenoxy) is 1. The van der Waals surface area contributed by atoms with Crippen LogP contribution in [0, 0.1) is 0 Å². The van der Waals surface area contributed by atoms with Crippen molar-refractivity contribution < 1.29 is 34.1 Å². The van der Waals surface area contributed by atoms with Crippen LogP contribution < -0.4 is 10.6 Å². The third kappa shape index (κ3) is 5.22. The van der Waals surface area contributed by atoms with E-state index in [2.05, 4.69) is 10.6 Å². The molecule has 4 N–H and O–H groups in total. The molecule has 2 aromatic rings. The normalized spacial score (nSPS) is 15.1. The quantitative estimate of drug-likeness (QED) is 0.488. The lowest BCUT2D eigenvalue weighted by molar-refractivity contribution is -0.147. The topological polar surface area (TPSA) is 142 Å². The van der Waals surface area contributed by atoms with E-state index in [1.807, 2.05) is 30.3 Å². The molecule has 0 radical (unpaired) electrons. The third-order valence-corrected chi connectivity index (χ3v) is 5.74. The van der Waals surface area contributed by atoms with E-state index in [9.17, 15) is 24.3 Å². The van der Waals surface area contributed by atoms with Crippen molar-refractivity contribution >= 4 is 40.1 Å². The number of aliphatic carboxylic acids is 1. The summed E-state index contributed by atoms with van der Waals surface area (Å²) in [5, 5.41) is 23.2. The van der Waals surface area contributed by atoms with Crippen LogP contribution >= 0.6 is 11.3 Å². The number of nitrogens with one attached hydrogen (secondary N) is 2. The first-order valence-corrected chi connectivity index (χ1v) is 10.0. The summed E-state index contributed by atoms with van der Waals surface area (Å²) >= 11 is 0.980. The molecule has 1 aliphatic heterocycles. The molecule has 0 saturated heterocycles. The van der Waals surface area contributed by atoms with Crippen molar-refractivity contribution in [2.45, 2.75) is 32.0 Å². The van der Waals surface area contributed by atoms with Crippen LogP contribution in [0.4, 0.5) is 5.00 Å².